The molecular formula is C21H25N3O3S. The molecule has 0 aliphatic rings. The number of methoxy groups -OCH3 is 2. The van der Waals surface area contributed by atoms with Crippen LogP contribution in [0.2, 0.25) is 0 Å². The van der Waals surface area contributed by atoms with E-state index in [9.17, 15) is 4.79 Å². The van der Waals surface area contributed by atoms with Crippen molar-refractivity contribution in [1.82, 2.24) is 15.1 Å². The average Bonchev–Trinajstić information content (AvgIpc) is 2.73. The van der Waals surface area contributed by atoms with Crippen LogP contribution in [0.25, 0.3) is 11.3 Å². The van der Waals surface area contributed by atoms with Crippen molar-refractivity contribution in [2.24, 2.45) is 0 Å². The first kappa shape index (κ1) is 21.5. The fraction of sp³-hybridized carbons (Fsp3) is 0.286. The van der Waals surface area contributed by atoms with Crippen molar-refractivity contribution in [3.8, 4) is 22.8 Å². The van der Waals surface area contributed by atoms with Gasteiger partial charge in [0.15, 0.2) is 11.5 Å². The molecule has 0 bridgehead atoms. The Morgan fingerprint density at radius 3 is 2.32 bits per heavy atom. The summed E-state index contributed by atoms with van der Waals surface area (Å²) in [6.07, 6.45) is 3.41. The van der Waals surface area contributed by atoms with Crippen molar-refractivity contribution in [2.45, 2.75) is 17.2 Å². The molecule has 1 aromatic heterocycles. The monoisotopic (exact) mass is 399 g/mol. The van der Waals surface area contributed by atoms with E-state index < -0.39 is 0 Å². The summed E-state index contributed by atoms with van der Waals surface area (Å²) in [5.74, 6) is 1.29. The Morgan fingerprint density at radius 1 is 1.11 bits per heavy atom. The van der Waals surface area contributed by atoms with Gasteiger partial charge in [-0.05, 0) is 37.3 Å². The number of hydrogen-bond donors (Lipinski definition) is 0. The summed E-state index contributed by atoms with van der Waals surface area (Å²) in [6, 6.07) is 9.31. The maximum Gasteiger partial charge on any atom is 0.236 e. The Balaban J connectivity index is 2.11. The zero-order chi connectivity index (χ0) is 20.5. The summed E-state index contributed by atoms with van der Waals surface area (Å²) < 4.78 is 10.6. The van der Waals surface area contributed by atoms with Crippen LogP contribution >= 0.6 is 11.8 Å². The summed E-state index contributed by atoms with van der Waals surface area (Å²) in [5.41, 5.74) is 1.58. The summed E-state index contributed by atoms with van der Waals surface area (Å²) in [5, 5.41) is 8.93. The number of carbonyl (C=O) groups excluding carboxylic acids is 1. The highest BCUT2D eigenvalue weighted by atomic mass is 32.2. The van der Waals surface area contributed by atoms with Gasteiger partial charge in [-0.1, -0.05) is 23.9 Å². The molecule has 1 atom stereocenters. The van der Waals surface area contributed by atoms with Crippen LogP contribution in [-0.4, -0.2) is 53.6 Å². The van der Waals surface area contributed by atoms with Gasteiger partial charge in [-0.3, -0.25) is 4.79 Å². The summed E-state index contributed by atoms with van der Waals surface area (Å²) in [4.78, 5) is 14.3. The number of ether oxygens (including phenoxy) is 2. The second-order valence-electron chi connectivity index (χ2n) is 5.91. The molecule has 1 heterocycles. The van der Waals surface area contributed by atoms with Gasteiger partial charge >= 0.3 is 0 Å². The van der Waals surface area contributed by atoms with E-state index in [2.05, 4.69) is 23.4 Å². The van der Waals surface area contributed by atoms with E-state index in [1.54, 1.807) is 31.3 Å². The second-order valence-corrected chi connectivity index (χ2v) is 7.27. The standard InChI is InChI=1S/C21H25N3O3S/c1-6-12-24(13-7-2)21(25)15(3)28-20-11-9-17(22-23-20)16-8-10-18(26-4)19(14-16)27-5/h6-11,14-15H,1-2,12-13H2,3-5H3/t15-/m1/s1. The lowest BCUT2D eigenvalue weighted by Crippen LogP contribution is -2.36. The molecule has 0 N–H and O–H groups in total. The summed E-state index contributed by atoms with van der Waals surface area (Å²) >= 11 is 1.37. The number of carbonyl (C=O) groups is 1. The van der Waals surface area contributed by atoms with Gasteiger partial charge in [-0.2, -0.15) is 0 Å². The minimum Gasteiger partial charge on any atom is -0.493 e. The molecule has 7 heteroatoms. The Labute approximate surface area is 170 Å². The first-order chi connectivity index (χ1) is 13.5. The van der Waals surface area contributed by atoms with Crippen LogP contribution in [-0.2, 0) is 4.79 Å². The van der Waals surface area contributed by atoms with Crippen molar-refractivity contribution in [3.05, 3.63) is 55.6 Å². The van der Waals surface area contributed by atoms with Crippen LogP contribution in [0.4, 0.5) is 0 Å². The fourth-order valence-corrected chi connectivity index (χ4v) is 3.43. The van der Waals surface area contributed by atoms with Crippen molar-refractivity contribution >= 4 is 17.7 Å². The van der Waals surface area contributed by atoms with E-state index in [1.165, 1.54) is 11.8 Å². The molecule has 0 aliphatic carbocycles. The third-order valence-electron chi connectivity index (χ3n) is 3.98. The Kier molecular flexibility index (Phi) is 8.07. The third-order valence-corrected chi connectivity index (χ3v) is 4.99. The number of thioether (sulfide) groups is 1. The normalized spacial score (nSPS) is 11.4. The fourth-order valence-electron chi connectivity index (χ4n) is 2.59. The van der Waals surface area contributed by atoms with Crippen molar-refractivity contribution in [1.29, 1.82) is 0 Å². The molecule has 0 saturated carbocycles. The number of nitrogens with zero attached hydrogens (tertiary/aromatic N) is 3. The minimum atomic E-state index is -0.291. The van der Waals surface area contributed by atoms with Crippen LogP contribution in [0.15, 0.2) is 60.7 Å². The molecule has 1 amide bonds. The molecule has 0 fully saturated rings. The van der Waals surface area contributed by atoms with Crippen LogP contribution in [0.1, 0.15) is 6.92 Å². The molecule has 0 aliphatic heterocycles. The van der Waals surface area contributed by atoms with E-state index in [0.717, 1.165) is 5.56 Å². The minimum absolute atomic E-state index is 0.00978. The highest BCUT2D eigenvalue weighted by Gasteiger charge is 2.20. The quantitative estimate of drug-likeness (QED) is 0.447. The molecule has 1 aromatic carbocycles. The van der Waals surface area contributed by atoms with E-state index in [1.807, 2.05) is 37.3 Å². The zero-order valence-electron chi connectivity index (χ0n) is 16.4. The maximum absolute atomic E-state index is 12.6. The predicted octanol–water partition coefficient (Wildman–Crippen LogP) is 3.84. The lowest BCUT2D eigenvalue weighted by Gasteiger charge is -2.22. The van der Waals surface area contributed by atoms with Crippen molar-refractivity contribution in [2.75, 3.05) is 27.3 Å². The highest BCUT2D eigenvalue weighted by Crippen LogP contribution is 2.32. The Bertz CT molecular complexity index is 814. The summed E-state index contributed by atoms with van der Waals surface area (Å²) in [6.45, 7) is 10.2. The average molecular weight is 400 g/mol. The molecule has 28 heavy (non-hydrogen) atoms. The first-order valence-corrected chi connectivity index (χ1v) is 9.65. The highest BCUT2D eigenvalue weighted by molar-refractivity contribution is 8.00. The van der Waals surface area contributed by atoms with Crippen LogP contribution in [0.3, 0.4) is 0 Å². The van der Waals surface area contributed by atoms with E-state index in [4.69, 9.17) is 9.47 Å². The number of amides is 1. The lowest BCUT2D eigenvalue weighted by molar-refractivity contribution is -0.129. The largest absolute Gasteiger partial charge is 0.493 e. The molecule has 6 nitrogen and oxygen atoms in total. The predicted molar refractivity (Wildman–Crippen MR) is 113 cm³/mol. The maximum atomic E-state index is 12.6. The lowest BCUT2D eigenvalue weighted by atomic mass is 10.1. The van der Waals surface area contributed by atoms with Crippen molar-refractivity contribution in [3.63, 3.8) is 0 Å². The third kappa shape index (κ3) is 5.36. The molecular weight excluding hydrogens is 374 g/mol. The molecule has 148 valence electrons. The number of rotatable bonds is 10. The van der Waals surface area contributed by atoms with Gasteiger partial charge in [0.2, 0.25) is 5.91 Å². The van der Waals surface area contributed by atoms with Crippen molar-refractivity contribution < 1.29 is 14.3 Å². The van der Waals surface area contributed by atoms with Gasteiger partial charge in [-0.15, -0.1) is 23.4 Å². The van der Waals surface area contributed by atoms with Gasteiger partial charge < -0.3 is 14.4 Å². The van der Waals surface area contributed by atoms with E-state index >= 15 is 0 Å². The smallest absolute Gasteiger partial charge is 0.236 e. The van der Waals surface area contributed by atoms with Crippen LogP contribution in [0, 0.1) is 0 Å². The van der Waals surface area contributed by atoms with Gasteiger partial charge in [0.05, 0.1) is 25.2 Å². The topological polar surface area (TPSA) is 64.6 Å². The van der Waals surface area contributed by atoms with E-state index in [0.29, 0.717) is 35.3 Å². The Morgan fingerprint density at radius 2 is 1.79 bits per heavy atom. The summed E-state index contributed by atoms with van der Waals surface area (Å²) in [7, 11) is 3.19. The number of hydrogen-bond acceptors (Lipinski definition) is 6. The van der Waals surface area contributed by atoms with Crippen LogP contribution in [0.5, 0.6) is 11.5 Å². The molecule has 0 saturated heterocycles. The molecule has 0 spiro atoms. The van der Waals surface area contributed by atoms with Gasteiger partial charge in [-0.25, -0.2) is 0 Å². The zero-order valence-corrected chi connectivity index (χ0v) is 17.2. The van der Waals surface area contributed by atoms with Gasteiger partial charge in [0, 0.05) is 18.7 Å². The van der Waals surface area contributed by atoms with E-state index in [-0.39, 0.29) is 11.2 Å². The molecule has 2 aromatic rings. The van der Waals surface area contributed by atoms with Gasteiger partial charge in [0.25, 0.3) is 0 Å². The molecule has 2 rings (SSSR count). The molecule has 0 unspecified atom stereocenters. The van der Waals surface area contributed by atoms with Crippen LogP contribution < -0.4 is 9.47 Å². The number of aromatic nitrogens is 2. The number of benzene rings is 1. The first-order valence-electron chi connectivity index (χ1n) is 8.77. The van der Waals surface area contributed by atoms with Gasteiger partial charge in [0.1, 0.15) is 5.03 Å². The second kappa shape index (κ2) is 10.5. The SMILES string of the molecule is C=CCN(CC=C)C(=O)[C@@H](C)Sc1ccc(-c2ccc(OC)c(OC)c2)nn1. The molecule has 0 radical (unpaired) electrons. The Hall–Kier alpha value is -2.80.